The summed E-state index contributed by atoms with van der Waals surface area (Å²) in [6, 6.07) is 9.20. The van der Waals surface area contributed by atoms with Crippen LogP contribution in [0.5, 0.6) is 5.88 Å². The highest BCUT2D eigenvalue weighted by molar-refractivity contribution is 5.98. The van der Waals surface area contributed by atoms with Gasteiger partial charge in [0.15, 0.2) is 5.82 Å². The Balaban J connectivity index is 1.42. The van der Waals surface area contributed by atoms with Crippen molar-refractivity contribution in [3.05, 3.63) is 59.8 Å². The zero-order valence-corrected chi connectivity index (χ0v) is 16.9. The van der Waals surface area contributed by atoms with Gasteiger partial charge in [0.25, 0.3) is 5.91 Å². The molecule has 0 N–H and O–H groups in total. The molecule has 30 heavy (non-hydrogen) atoms. The largest absolute Gasteiger partial charge is 0.471 e. The van der Waals surface area contributed by atoms with E-state index in [9.17, 15) is 4.79 Å². The Morgan fingerprint density at radius 3 is 2.57 bits per heavy atom. The van der Waals surface area contributed by atoms with E-state index in [1.807, 2.05) is 43.0 Å². The van der Waals surface area contributed by atoms with Gasteiger partial charge in [-0.05, 0) is 56.9 Å². The van der Waals surface area contributed by atoms with Crippen molar-refractivity contribution in [1.82, 2.24) is 30.0 Å². The number of piperidine rings is 1. The minimum atomic E-state index is -0.100. The van der Waals surface area contributed by atoms with Gasteiger partial charge in [-0.15, -0.1) is 5.10 Å². The molecular formula is C22H22N6O2. The van der Waals surface area contributed by atoms with Crippen LogP contribution < -0.4 is 4.74 Å². The Bertz CT molecular complexity index is 1070. The van der Waals surface area contributed by atoms with Crippen LogP contribution in [-0.2, 0) is 0 Å². The van der Waals surface area contributed by atoms with Crippen LogP contribution in [0.3, 0.4) is 0 Å². The third-order valence-electron chi connectivity index (χ3n) is 5.77. The van der Waals surface area contributed by atoms with Crippen LogP contribution in [0.1, 0.15) is 34.7 Å². The number of ether oxygens (including phenoxy) is 1. The van der Waals surface area contributed by atoms with E-state index >= 15 is 0 Å². The number of likely N-dealkylation sites (tertiary alicyclic amines) is 1. The summed E-state index contributed by atoms with van der Waals surface area (Å²) in [5, 5.41) is 8.17. The molecule has 2 aliphatic rings. The van der Waals surface area contributed by atoms with Crippen LogP contribution in [0.15, 0.2) is 42.7 Å². The maximum Gasteiger partial charge on any atom is 0.273 e. The highest BCUT2D eigenvalue weighted by Gasteiger charge is 2.49. The number of hydrogen-bond acceptors (Lipinski definition) is 7. The van der Waals surface area contributed by atoms with E-state index in [1.165, 1.54) is 0 Å². The van der Waals surface area contributed by atoms with E-state index in [1.54, 1.807) is 18.5 Å². The Morgan fingerprint density at radius 1 is 1.03 bits per heavy atom. The van der Waals surface area contributed by atoms with E-state index < -0.39 is 0 Å². The normalized spacial score (nSPS) is 22.3. The summed E-state index contributed by atoms with van der Waals surface area (Å²) in [6.45, 7) is 4.48. The molecule has 1 aliphatic carbocycles. The summed E-state index contributed by atoms with van der Waals surface area (Å²) >= 11 is 0. The quantitative estimate of drug-likeness (QED) is 0.662. The Labute approximate surface area is 174 Å². The van der Waals surface area contributed by atoms with Crippen molar-refractivity contribution >= 4 is 5.91 Å². The van der Waals surface area contributed by atoms with E-state index in [4.69, 9.17) is 4.74 Å². The van der Waals surface area contributed by atoms with Crippen molar-refractivity contribution in [3.8, 4) is 17.3 Å². The smallest absolute Gasteiger partial charge is 0.273 e. The van der Waals surface area contributed by atoms with Gasteiger partial charge in [-0.3, -0.25) is 4.79 Å². The Kier molecular flexibility index (Phi) is 4.61. The molecule has 1 aliphatic heterocycles. The van der Waals surface area contributed by atoms with Crippen molar-refractivity contribution in [2.75, 3.05) is 6.54 Å². The molecule has 1 saturated carbocycles. The van der Waals surface area contributed by atoms with Crippen LogP contribution >= 0.6 is 0 Å². The average Bonchev–Trinajstić information content (AvgIpc) is 3.36. The molecule has 2 fully saturated rings. The molecule has 5 rings (SSSR count). The fourth-order valence-electron chi connectivity index (χ4n) is 4.40. The molecule has 1 amide bonds. The minimum Gasteiger partial charge on any atom is -0.471 e. The second kappa shape index (κ2) is 7.44. The van der Waals surface area contributed by atoms with Gasteiger partial charge in [0.1, 0.15) is 11.8 Å². The number of aromatic nitrogens is 5. The molecular weight excluding hydrogens is 380 g/mol. The third kappa shape index (κ3) is 3.38. The van der Waals surface area contributed by atoms with Gasteiger partial charge in [-0.25, -0.2) is 15.0 Å². The molecule has 0 spiro atoms. The number of aryl methyl sites for hydroxylation is 2. The lowest BCUT2D eigenvalue weighted by Gasteiger charge is -2.33. The molecule has 152 valence electrons. The average molecular weight is 402 g/mol. The standard InChI is InChI=1S/C22H22N6O2/c1-13-4-6-16(21-23-8-3-9-24-21)20(25-13)22(29)28-12-15-10-17(28)18(11-15)30-19-7-5-14(2)26-27-19/h3-9,15,17-18H,10-12H2,1-2H3. The zero-order chi connectivity index (χ0) is 20.7. The lowest BCUT2D eigenvalue weighted by atomic mass is 10.1. The first kappa shape index (κ1) is 18.6. The van der Waals surface area contributed by atoms with Crippen molar-refractivity contribution in [2.24, 2.45) is 5.92 Å². The van der Waals surface area contributed by atoms with Crippen LogP contribution in [0.4, 0.5) is 0 Å². The van der Waals surface area contributed by atoms with E-state index in [0.29, 0.717) is 35.4 Å². The molecule has 3 atom stereocenters. The number of rotatable bonds is 4. The van der Waals surface area contributed by atoms with Gasteiger partial charge in [-0.1, -0.05) is 0 Å². The predicted octanol–water partition coefficient (Wildman–Crippen LogP) is 2.63. The highest BCUT2D eigenvalue weighted by Crippen LogP contribution is 2.40. The highest BCUT2D eigenvalue weighted by atomic mass is 16.5. The molecule has 0 aromatic carbocycles. The second-order valence-corrected chi connectivity index (χ2v) is 7.95. The molecule has 4 heterocycles. The first-order valence-electron chi connectivity index (χ1n) is 10.1. The number of carbonyl (C=O) groups excluding carboxylic acids is 1. The van der Waals surface area contributed by atoms with Crippen molar-refractivity contribution in [3.63, 3.8) is 0 Å². The van der Waals surface area contributed by atoms with Gasteiger partial charge in [0.05, 0.1) is 17.3 Å². The van der Waals surface area contributed by atoms with Gasteiger partial charge in [0, 0.05) is 30.7 Å². The third-order valence-corrected chi connectivity index (χ3v) is 5.77. The fourth-order valence-corrected chi connectivity index (χ4v) is 4.40. The van der Waals surface area contributed by atoms with Crippen molar-refractivity contribution in [2.45, 2.75) is 38.8 Å². The lowest BCUT2D eigenvalue weighted by Crippen LogP contribution is -2.47. The number of carbonyl (C=O) groups is 1. The molecule has 3 aromatic heterocycles. The fraction of sp³-hybridized carbons (Fsp3) is 0.364. The minimum absolute atomic E-state index is 0.00235. The van der Waals surface area contributed by atoms with Crippen LogP contribution in [-0.4, -0.2) is 54.6 Å². The SMILES string of the molecule is Cc1ccc(OC2CC3CC2N(C(=O)c2nc(C)ccc2-c2ncccn2)C3)nn1. The van der Waals surface area contributed by atoms with Gasteiger partial charge < -0.3 is 9.64 Å². The topological polar surface area (TPSA) is 94.0 Å². The number of hydrogen-bond donors (Lipinski definition) is 0. The molecule has 3 aromatic rings. The molecule has 0 radical (unpaired) electrons. The second-order valence-electron chi connectivity index (χ2n) is 7.95. The van der Waals surface area contributed by atoms with E-state index in [0.717, 1.165) is 24.2 Å². The maximum absolute atomic E-state index is 13.6. The number of fused-ring (bicyclic) bond motifs is 2. The summed E-state index contributed by atoms with van der Waals surface area (Å²) < 4.78 is 6.11. The lowest BCUT2D eigenvalue weighted by molar-refractivity contribution is 0.0459. The van der Waals surface area contributed by atoms with Crippen LogP contribution in [0.25, 0.3) is 11.4 Å². The summed E-state index contributed by atoms with van der Waals surface area (Å²) in [5.74, 6) is 1.32. The van der Waals surface area contributed by atoms with Gasteiger partial charge >= 0.3 is 0 Å². The van der Waals surface area contributed by atoms with Crippen molar-refractivity contribution in [1.29, 1.82) is 0 Å². The molecule has 1 saturated heterocycles. The summed E-state index contributed by atoms with van der Waals surface area (Å²) in [5.41, 5.74) is 2.66. The summed E-state index contributed by atoms with van der Waals surface area (Å²) in [6.07, 6.45) is 5.09. The Hall–Kier alpha value is -3.42. The van der Waals surface area contributed by atoms with Gasteiger partial charge in [0.2, 0.25) is 5.88 Å². The van der Waals surface area contributed by atoms with Gasteiger partial charge in [-0.2, -0.15) is 5.10 Å². The van der Waals surface area contributed by atoms with Crippen molar-refractivity contribution < 1.29 is 9.53 Å². The monoisotopic (exact) mass is 402 g/mol. The zero-order valence-electron chi connectivity index (χ0n) is 16.9. The number of pyridine rings is 1. The first-order valence-corrected chi connectivity index (χ1v) is 10.1. The van der Waals surface area contributed by atoms with E-state index in [2.05, 4.69) is 25.1 Å². The number of nitrogens with zero attached hydrogens (tertiary/aromatic N) is 6. The van der Waals surface area contributed by atoms with E-state index in [-0.39, 0.29) is 18.1 Å². The molecule has 8 heteroatoms. The summed E-state index contributed by atoms with van der Waals surface area (Å²) in [7, 11) is 0. The maximum atomic E-state index is 13.6. The molecule has 8 nitrogen and oxygen atoms in total. The van der Waals surface area contributed by atoms with Crippen LogP contribution in [0, 0.1) is 19.8 Å². The van der Waals surface area contributed by atoms with Crippen LogP contribution in [0.2, 0.25) is 0 Å². The number of amides is 1. The first-order chi connectivity index (χ1) is 14.6. The summed E-state index contributed by atoms with van der Waals surface area (Å²) in [4.78, 5) is 28.6. The molecule has 2 bridgehead atoms. The Morgan fingerprint density at radius 2 is 1.83 bits per heavy atom. The predicted molar refractivity (Wildman–Crippen MR) is 109 cm³/mol. The molecule has 3 unspecified atom stereocenters.